The molecule has 1 amide bonds. The lowest BCUT2D eigenvalue weighted by atomic mass is 10.2. The SMILES string of the molecule is COc1ccccc1CN(C)C(=O)c1cncc(N)n1. The predicted octanol–water partition coefficient (Wildman–Crippen LogP) is 1.34. The number of nitrogen functional groups attached to an aromatic ring is 1. The molecule has 2 aromatic rings. The monoisotopic (exact) mass is 272 g/mol. The van der Waals surface area contributed by atoms with E-state index in [4.69, 9.17) is 10.5 Å². The van der Waals surface area contributed by atoms with Crippen molar-refractivity contribution < 1.29 is 9.53 Å². The molecule has 1 heterocycles. The number of methoxy groups -OCH3 is 1. The van der Waals surface area contributed by atoms with Crippen molar-refractivity contribution in [2.24, 2.45) is 0 Å². The number of ether oxygens (including phenoxy) is 1. The van der Waals surface area contributed by atoms with Crippen LogP contribution < -0.4 is 10.5 Å². The summed E-state index contributed by atoms with van der Waals surface area (Å²) in [5.74, 6) is 0.725. The van der Waals surface area contributed by atoms with Gasteiger partial charge in [-0.1, -0.05) is 18.2 Å². The van der Waals surface area contributed by atoms with Gasteiger partial charge in [-0.3, -0.25) is 9.78 Å². The largest absolute Gasteiger partial charge is 0.496 e. The second-order valence-electron chi connectivity index (χ2n) is 4.30. The van der Waals surface area contributed by atoms with E-state index in [-0.39, 0.29) is 17.4 Å². The summed E-state index contributed by atoms with van der Waals surface area (Å²) in [6.07, 6.45) is 2.80. The van der Waals surface area contributed by atoms with Crippen molar-refractivity contribution in [2.45, 2.75) is 6.54 Å². The van der Waals surface area contributed by atoms with Crippen molar-refractivity contribution >= 4 is 11.7 Å². The number of para-hydroxylation sites is 1. The van der Waals surface area contributed by atoms with Crippen LogP contribution in [0.1, 0.15) is 16.1 Å². The summed E-state index contributed by atoms with van der Waals surface area (Å²) in [5.41, 5.74) is 6.67. The molecule has 20 heavy (non-hydrogen) atoms. The molecule has 0 atom stereocenters. The third-order valence-electron chi connectivity index (χ3n) is 2.82. The van der Waals surface area contributed by atoms with E-state index in [9.17, 15) is 4.79 Å². The summed E-state index contributed by atoms with van der Waals surface area (Å²) in [6.45, 7) is 0.416. The van der Waals surface area contributed by atoms with Crippen LogP contribution in [0.5, 0.6) is 5.75 Å². The molecule has 0 aliphatic rings. The molecule has 0 fully saturated rings. The summed E-state index contributed by atoms with van der Waals surface area (Å²) < 4.78 is 5.26. The molecule has 0 unspecified atom stereocenters. The van der Waals surface area contributed by atoms with Gasteiger partial charge in [-0.25, -0.2) is 4.98 Å². The quantitative estimate of drug-likeness (QED) is 0.908. The van der Waals surface area contributed by atoms with Gasteiger partial charge in [-0.15, -0.1) is 0 Å². The van der Waals surface area contributed by atoms with Crippen LogP contribution in [0.2, 0.25) is 0 Å². The normalized spacial score (nSPS) is 10.1. The minimum Gasteiger partial charge on any atom is -0.496 e. The molecule has 6 heteroatoms. The predicted molar refractivity (Wildman–Crippen MR) is 75.2 cm³/mol. The second-order valence-corrected chi connectivity index (χ2v) is 4.30. The fourth-order valence-electron chi connectivity index (χ4n) is 1.84. The zero-order valence-electron chi connectivity index (χ0n) is 11.4. The molecule has 0 spiro atoms. The van der Waals surface area contributed by atoms with E-state index in [1.165, 1.54) is 12.4 Å². The minimum absolute atomic E-state index is 0.224. The number of carbonyl (C=O) groups excluding carboxylic acids is 1. The van der Waals surface area contributed by atoms with Gasteiger partial charge in [-0.2, -0.15) is 0 Å². The summed E-state index contributed by atoms with van der Waals surface area (Å²) >= 11 is 0. The third-order valence-corrected chi connectivity index (χ3v) is 2.82. The van der Waals surface area contributed by atoms with E-state index >= 15 is 0 Å². The topological polar surface area (TPSA) is 81.3 Å². The first-order chi connectivity index (χ1) is 9.61. The zero-order chi connectivity index (χ0) is 14.5. The average molecular weight is 272 g/mol. The Morgan fingerprint density at radius 1 is 1.35 bits per heavy atom. The van der Waals surface area contributed by atoms with Gasteiger partial charge >= 0.3 is 0 Å². The number of nitrogens with two attached hydrogens (primary N) is 1. The van der Waals surface area contributed by atoms with E-state index in [1.807, 2.05) is 24.3 Å². The van der Waals surface area contributed by atoms with E-state index in [2.05, 4.69) is 9.97 Å². The van der Waals surface area contributed by atoms with Crippen LogP contribution in [-0.2, 0) is 6.54 Å². The van der Waals surface area contributed by atoms with Crippen molar-refractivity contribution in [2.75, 3.05) is 19.9 Å². The summed E-state index contributed by atoms with van der Waals surface area (Å²) in [7, 11) is 3.30. The molecule has 2 rings (SSSR count). The van der Waals surface area contributed by atoms with Crippen LogP contribution in [0.25, 0.3) is 0 Å². The minimum atomic E-state index is -0.240. The van der Waals surface area contributed by atoms with Gasteiger partial charge in [-0.05, 0) is 6.07 Å². The Kier molecular flexibility index (Phi) is 4.14. The molecule has 0 aliphatic carbocycles. The van der Waals surface area contributed by atoms with Crippen molar-refractivity contribution in [3.63, 3.8) is 0 Å². The highest BCUT2D eigenvalue weighted by Crippen LogP contribution is 2.19. The number of rotatable bonds is 4. The molecule has 0 radical (unpaired) electrons. The highest BCUT2D eigenvalue weighted by Gasteiger charge is 2.15. The number of hydrogen-bond donors (Lipinski definition) is 1. The lowest BCUT2D eigenvalue weighted by molar-refractivity contribution is 0.0778. The molecule has 0 aliphatic heterocycles. The molecule has 1 aromatic carbocycles. The van der Waals surface area contributed by atoms with Crippen molar-refractivity contribution in [1.82, 2.24) is 14.9 Å². The van der Waals surface area contributed by atoms with Crippen LogP contribution in [0.3, 0.4) is 0 Å². The Balaban J connectivity index is 2.15. The highest BCUT2D eigenvalue weighted by atomic mass is 16.5. The maximum absolute atomic E-state index is 12.2. The Morgan fingerprint density at radius 3 is 2.80 bits per heavy atom. The van der Waals surface area contributed by atoms with Gasteiger partial charge < -0.3 is 15.4 Å². The van der Waals surface area contributed by atoms with Gasteiger partial charge in [0.05, 0.1) is 19.5 Å². The molecule has 1 aromatic heterocycles. The van der Waals surface area contributed by atoms with Crippen molar-refractivity contribution in [3.8, 4) is 5.75 Å². The Bertz CT molecular complexity index is 616. The fourth-order valence-corrected chi connectivity index (χ4v) is 1.84. The first-order valence-electron chi connectivity index (χ1n) is 6.06. The van der Waals surface area contributed by atoms with Gasteiger partial charge in [0.25, 0.3) is 5.91 Å². The first-order valence-corrected chi connectivity index (χ1v) is 6.06. The van der Waals surface area contributed by atoms with Gasteiger partial charge in [0.2, 0.25) is 0 Å². The number of amides is 1. The van der Waals surface area contributed by atoms with E-state index in [1.54, 1.807) is 19.1 Å². The fraction of sp³-hybridized carbons (Fsp3) is 0.214. The Morgan fingerprint density at radius 2 is 2.10 bits per heavy atom. The van der Waals surface area contributed by atoms with E-state index in [0.29, 0.717) is 6.54 Å². The van der Waals surface area contributed by atoms with E-state index < -0.39 is 0 Å². The number of carbonyl (C=O) groups is 1. The molecule has 6 nitrogen and oxygen atoms in total. The van der Waals surface area contributed by atoms with E-state index in [0.717, 1.165) is 11.3 Å². The Hall–Kier alpha value is -2.63. The molecule has 0 saturated heterocycles. The lowest BCUT2D eigenvalue weighted by Crippen LogP contribution is -2.27. The maximum Gasteiger partial charge on any atom is 0.274 e. The molecular weight excluding hydrogens is 256 g/mol. The number of aromatic nitrogens is 2. The zero-order valence-corrected chi connectivity index (χ0v) is 11.4. The average Bonchev–Trinajstić information content (AvgIpc) is 2.47. The lowest BCUT2D eigenvalue weighted by Gasteiger charge is -2.18. The van der Waals surface area contributed by atoms with Gasteiger partial charge in [0.15, 0.2) is 0 Å². The van der Waals surface area contributed by atoms with Crippen LogP contribution >= 0.6 is 0 Å². The highest BCUT2D eigenvalue weighted by molar-refractivity contribution is 5.92. The molecular formula is C14H16N4O2. The van der Waals surface area contributed by atoms with Crippen molar-refractivity contribution in [1.29, 1.82) is 0 Å². The number of benzene rings is 1. The van der Waals surface area contributed by atoms with Crippen molar-refractivity contribution in [3.05, 3.63) is 47.9 Å². The summed E-state index contributed by atoms with van der Waals surface area (Å²) in [6, 6.07) is 7.55. The van der Waals surface area contributed by atoms with Crippen LogP contribution in [0, 0.1) is 0 Å². The first kappa shape index (κ1) is 13.8. The van der Waals surface area contributed by atoms with Crippen LogP contribution in [0.15, 0.2) is 36.7 Å². The molecule has 104 valence electrons. The Labute approximate surface area is 117 Å². The number of hydrogen-bond acceptors (Lipinski definition) is 5. The smallest absolute Gasteiger partial charge is 0.274 e. The molecule has 0 saturated carbocycles. The molecule has 2 N–H and O–H groups in total. The maximum atomic E-state index is 12.2. The standard InChI is InChI=1S/C14H16N4O2/c1-18(9-10-5-3-4-6-12(10)20-2)14(19)11-7-16-8-13(15)17-11/h3-8H,9H2,1-2H3,(H2,15,17). The van der Waals surface area contributed by atoms with Gasteiger partial charge in [0, 0.05) is 19.2 Å². The third kappa shape index (κ3) is 3.03. The number of nitrogens with zero attached hydrogens (tertiary/aromatic N) is 3. The number of anilines is 1. The molecule has 0 bridgehead atoms. The van der Waals surface area contributed by atoms with Crippen LogP contribution in [0.4, 0.5) is 5.82 Å². The second kappa shape index (κ2) is 6.01. The van der Waals surface area contributed by atoms with Crippen LogP contribution in [-0.4, -0.2) is 34.9 Å². The van der Waals surface area contributed by atoms with Gasteiger partial charge in [0.1, 0.15) is 17.3 Å². The summed E-state index contributed by atoms with van der Waals surface area (Å²) in [4.78, 5) is 21.6. The summed E-state index contributed by atoms with van der Waals surface area (Å²) in [5, 5.41) is 0.